The fraction of sp³-hybridized carbons (Fsp3) is 0.217. The van der Waals surface area contributed by atoms with Crippen molar-refractivity contribution in [3.63, 3.8) is 0 Å². The second-order valence-corrected chi connectivity index (χ2v) is 6.49. The van der Waals surface area contributed by atoms with Gasteiger partial charge in [0.05, 0.1) is 7.11 Å². The summed E-state index contributed by atoms with van der Waals surface area (Å²) in [6.45, 7) is 3.29. The van der Waals surface area contributed by atoms with E-state index in [4.69, 9.17) is 9.47 Å². The maximum atomic E-state index is 12.3. The van der Waals surface area contributed by atoms with Crippen LogP contribution in [0.1, 0.15) is 30.9 Å². The van der Waals surface area contributed by atoms with Gasteiger partial charge < -0.3 is 9.47 Å². The van der Waals surface area contributed by atoms with Crippen LogP contribution in [0, 0.1) is 0 Å². The summed E-state index contributed by atoms with van der Waals surface area (Å²) in [6.07, 6.45) is 1.27. The van der Waals surface area contributed by atoms with Gasteiger partial charge in [0.25, 0.3) is 0 Å². The first-order valence-electron chi connectivity index (χ1n) is 8.80. The number of allylic oxidation sites excluding steroid dienone is 4. The number of Topliss-reactive ketones (excluding diaryl/α,β-unsaturated/α-hetero) is 1. The van der Waals surface area contributed by atoms with Gasteiger partial charge in [-0.05, 0) is 37.1 Å². The summed E-state index contributed by atoms with van der Waals surface area (Å²) in [5.74, 6) is 1.38. The van der Waals surface area contributed by atoms with Gasteiger partial charge in [-0.1, -0.05) is 42.5 Å². The fourth-order valence-corrected chi connectivity index (χ4v) is 3.46. The molecule has 3 rings (SSSR count). The molecule has 1 heterocycles. The smallest absolute Gasteiger partial charge is 0.160 e. The number of ether oxygens (including phenoxy) is 2. The van der Waals surface area contributed by atoms with Gasteiger partial charge in [-0.25, -0.2) is 0 Å². The Kier molecular flexibility index (Phi) is 5.55. The Balaban J connectivity index is 2.06. The van der Waals surface area contributed by atoms with Crippen molar-refractivity contribution in [1.82, 2.24) is 0 Å². The third kappa shape index (κ3) is 3.85. The Hall–Kier alpha value is -3.14. The number of hydrogen-bond donors (Lipinski definition) is 0. The minimum Gasteiger partial charge on any atom is -0.497 e. The summed E-state index contributed by atoms with van der Waals surface area (Å²) in [4.78, 5) is 24.3. The van der Waals surface area contributed by atoms with E-state index >= 15 is 0 Å². The summed E-state index contributed by atoms with van der Waals surface area (Å²) in [5, 5.41) is 0. The normalized spacial score (nSPS) is 16.8. The molecular formula is C23H22O4. The second kappa shape index (κ2) is 8.04. The molecule has 0 radical (unpaired) electrons. The Morgan fingerprint density at radius 3 is 2.33 bits per heavy atom. The van der Waals surface area contributed by atoms with Crippen LogP contribution in [0.2, 0.25) is 0 Å². The highest BCUT2D eigenvalue weighted by atomic mass is 16.5. The van der Waals surface area contributed by atoms with E-state index in [2.05, 4.69) is 0 Å². The molecule has 1 atom stereocenters. The Morgan fingerprint density at radius 1 is 1.11 bits per heavy atom. The number of aldehydes is 1. The van der Waals surface area contributed by atoms with Gasteiger partial charge in [-0.3, -0.25) is 9.59 Å². The van der Waals surface area contributed by atoms with Crippen molar-refractivity contribution >= 4 is 12.1 Å². The van der Waals surface area contributed by atoms with Gasteiger partial charge in [0.15, 0.2) is 5.78 Å². The number of carbonyl (C=O) groups excluding carboxylic acids is 2. The first-order chi connectivity index (χ1) is 13.0. The molecule has 4 heteroatoms. The lowest BCUT2D eigenvalue weighted by atomic mass is 9.80. The van der Waals surface area contributed by atoms with Crippen molar-refractivity contribution in [1.29, 1.82) is 0 Å². The highest BCUT2D eigenvalue weighted by Gasteiger charge is 2.33. The topological polar surface area (TPSA) is 52.6 Å². The number of benzene rings is 2. The molecular weight excluding hydrogens is 340 g/mol. The average molecular weight is 362 g/mol. The van der Waals surface area contributed by atoms with Gasteiger partial charge in [-0.2, -0.15) is 0 Å². The van der Waals surface area contributed by atoms with Crippen LogP contribution in [0.25, 0.3) is 0 Å². The van der Waals surface area contributed by atoms with Crippen LogP contribution in [0.5, 0.6) is 5.75 Å². The van der Waals surface area contributed by atoms with Crippen molar-refractivity contribution in [3.05, 3.63) is 88.4 Å². The van der Waals surface area contributed by atoms with E-state index in [-0.39, 0.29) is 5.78 Å². The fourth-order valence-electron chi connectivity index (χ4n) is 3.46. The Morgan fingerprint density at radius 2 is 1.78 bits per heavy atom. The van der Waals surface area contributed by atoms with E-state index in [1.165, 1.54) is 6.92 Å². The summed E-state index contributed by atoms with van der Waals surface area (Å²) in [5.41, 5.74) is 2.92. The molecule has 2 aromatic carbocycles. The largest absolute Gasteiger partial charge is 0.497 e. The highest BCUT2D eigenvalue weighted by molar-refractivity contribution is 5.98. The molecule has 0 bridgehead atoms. The molecule has 4 nitrogen and oxygen atoms in total. The molecule has 1 aliphatic heterocycles. The number of carbonyl (C=O) groups is 2. The molecule has 1 aliphatic rings. The lowest BCUT2D eigenvalue weighted by Gasteiger charge is -2.29. The molecule has 0 N–H and O–H groups in total. The summed E-state index contributed by atoms with van der Waals surface area (Å²) in [7, 11) is 1.62. The van der Waals surface area contributed by atoms with E-state index in [0.717, 1.165) is 23.2 Å². The van der Waals surface area contributed by atoms with Crippen LogP contribution in [0.3, 0.4) is 0 Å². The molecule has 0 fully saturated rings. The van der Waals surface area contributed by atoms with Crippen molar-refractivity contribution in [3.8, 4) is 5.75 Å². The molecule has 27 heavy (non-hydrogen) atoms. The lowest BCUT2D eigenvalue weighted by molar-refractivity contribution is -0.114. The number of methoxy groups -OCH3 is 1. The van der Waals surface area contributed by atoms with Crippen LogP contribution in [-0.4, -0.2) is 19.2 Å². The standard InChI is InChI=1S/C23H22O4/c1-15(25)22-16(2)27-21(13-17-9-11-19(26-3)12-10-17)20(14-24)23(22)18-7-5-4-6-8-18/h4-12,14,23H,13H2,1-3H3. The second-order valence-electron chi connectivity index (χ2n) is 6.49. The zero-order chi connectivity index (χ0) is 19.4. The molecule has 0 amide bonds. The van der Waals surface area contributed by atoms with Gasteiger partial charge >= 0.3 is 0 Å². The summed E-state index contributed by atoms with van der Waals surface area (Å²) in [6, 6.07) is 17.2. The van der Waals surface area contributed by atoms with E-state index in [1.54, 1.807) is 14.0 Å². The van der Waals surface area contributed by atoms with Gasteiger partial charge in [-0.15, -0.1) is 0 Å². The van der Waals surface area contributed by atoms with Crippen LogP contribution in [0.4, 0.5) is 0 Å². The third-order valence-corrected chi connectivity index (χ3v) is 4.74. The van der Waals surface area contributed by atoms with Crippen LogP contribution in [0.15, 0.2) is 77.3 Å². The SMILES string of the molecule is COc1ccc(CC2=C(C=O)C(c3ccccc3)C(C(C)=O)=C(C)O2)cc1. The first kappa shape index (κ1) is 18.6. The number of ketones is 1. The van der Waals surface area contributed by atoms with Crippen molar-refractivity contribution in [2.45, 2.75) is 26.2 Å². The quantitative estimate of drug-likeness (QED) is 0.716. The molecule has 2 aromatic rings. The van der Waals surface area contributed by atoms with Crippen LogP contribution < -0.4 is 4.74 Å². The molecule has 138 valence electrons. The van der Waals surface area contributed by atoms with E-state index in [1.807, 2.05) is 54.6 Å². The third-order valence-electron chi connectivity index (χ3n) is 4.74. The van der Waals surface area contributed by atoms with Crippen molar-refractivity contribution in [2.24, 2.45) is 0 Å². The van der Waals surface area contributed by atoms with E-state index in [9.17, 15) is 9.59 Å². The average Bonchev–Trinajstić information content (AvgIpc) is 2.68. The molecule has 0 aliphatic carbocycles. The summed E-state index contributed by atoms with van der Waals surface area (Å²) < 4.78 is 11.1. The molecule has 0 saturated heterocycles. The van der Waals surface area contributed by atoms with Crippen molar-refractivity contribution in [2.75, 3.05) is 7.11 Å². The maximum absolute atomic E-state index is 12.3. The van der Waals surface area contributed by atoms with Crippen molar-refractivity contribution < 1.29 is 19.1 Å². The maximum Gasteiger partial charge on any atom is 0.160 e. The molecule has 0 saturated carbocycles. The zero-order valence-electron chi connectivity index (χ0n) is 15.7. The summed E-state index contributed by atoms with van der Waals surface area (Å²) >= 11 is 0. The molecule has 0 spiro atoms. The highest BCUT2D eigenvalue weighted by Crippen LogP contribution is 2.40. The first-order valence-corrected chi connectivity index (χ1v) is 8.80. The zero-order valence-corrected chi connectivity index (χ0v) is 15.7. The van der Waals surface area contributed by atoms with Crippen LogP contribution >= 0.6 is 0 Å². The minimum absolute atomic E-state index is 0.0933. The predicted octanol–water partition coefficient (Wildman–Crippen LogP) is 4.37. The van der Waals surface area contributed by atoms with Gasteiger partial charge in [0.2, 0.25) is 0 Å². The van der Waals surface area contributed by atoms with Gasteiger partial charge in [0, 0.05) is 23.5 Å². The lowest BCUT2D eigenvalue weighted by Crippen LogP contribution is -2.22. The number of hydrogen-bond acceptors (Lipinski definition) is 4. The Bertz CT molecular complexity index is 905. The predicted molar refractivity (Wildman–Crippen MR) is 103 cm³/mol. The molecule has 1 unspecified atom stereocenters. The minimum atomic E-state index is -0.414. The Labute approximate surface area is 159 Å². The van der Waals surface area contributed by atoms with E-state index < -0.39 is 5.92 Å². The monoisotopic (exact) mass is 362 g/mol. The van der Waals surface area contributed by atoms with Gasteiger partial charge in [0.1, 0.15) is 23.6 Å². The van der Waals surface area contributed by atoms with Crippen LogP contribution in [-0.2, 0) is 20.7 Å². The number of rotatable bonds is 6. The molecule has 0 aromatic heterocycles. The van der Waals surface area contributed by atoms with E-state index in [0.29, 0.717) is 29.1 Å².